The topological polar surface area (TPSA) is 35.1 Å². The van der Waals surface area contributed by atoms with Gasteiger partial charge >= 0.3 is 6.18 Å². The maximum Gasteiger partial charge on any atom is 0.417 e. The zero-order valence-corrected chi connectivity index (χ0v) is 12.7. The van der Waals surface area contributed by atoms with Gasteiger partial charge < -0.3 is 4.57 Å². The van der Waals surface area contributed by atoms with Crippen LogP contribution >= 0.6 is 11.8 Å². The van der Waals surface area contributed by atoms with E-state index in [1.54, 1.807) is 17.0 Å². The Morgan fingerprint density at radius 3 is 2.64 bits per heavy atom. The summed E-state index contributed by atoms with van der Waals surface area (Å²) in [5.74, 6) is 1.36. The van der Waals surface area contributed by atoms with Crippen LogP contribution in [0, 0.1) is 0 Å². The van der Waals surface area contributed by atoms with Crippen LogP contribution in [-0.2, 0) is 13.2 Å². The summed E-state index contributed by atoms with van der Waals surface area (Å²) in [6, 6.07) is 2.43. The Hall–Kier alpha value is -1.96. The number of aryl methyl sites for hydroxylation is 1. The highest BCUT2D eigenvalue weighted by atomic mass is 32.2. The molecule has 0 saturated carbocycles. The van der Waals surface area contributed by atoms with Crippen molar-refractivity contribution in [3.63, 3.8) is 0 Å². The van der Waals surface area contributed by atoms with Gasteiger partial charge in [0.05, 0.1) is 5.56 Å². The highest BCUT2D eigenvalue weighted by Crippen LogP contribution is 2.34. The summed E-state index contributed by atoms with van der Waals surface area (Å²) >= 11 is 1.44. The smallest absolute Gasteiger partial charge is 0.333 e. The standard InChI is InChI=1S/C14H13F3N4S/c1-3-22-13-11(12-18-6-7-20(12)2)19-10-5-4-9(8-21(10)13)14(15,16)17/h4-8H,3H2,1-2H3. The molecule has 0 aliphatic heterocycles. The quantitative estimate of drug-likeness (QED) is 0.686. The monoisotopic (exact) mass is 326 g/mol. The third-order valence-electron chi connectivity index (χ3n) is 3.22. The van der Waals surface area contributed by atoms with E-state index in [1.165, 1.54) is 22.2 Å². The van der Waals surface area contributed by atoms with Crippen LogP contribution in [0.4, 0.5) is 13.2 Å². The van der Waals surface area contributed by atoms with E-state index in [2.05, 4.69) is 9.97 Å². The first kappa shape index (κ1) is 15.0. The molecule has 116 valence electrons. The Morgan fingerprint density at radius 1 is 1.27 bits per heavy atom. The Kier molecular flexibility index (Phi) is 3.64. The average Bonchev–Trinajstić information content (AvgIpc) is 3.02. The number of hydrogen-bond acceptors (Lipinski definition) is 3. The summed E-state index contributed by atoms with van der Waals surface area (Å²) in [4.78, 5) is 8.70. The first-order valence-electron chi connectivity index (χ1n) is 6.61. The minimum absolute atomic E-state index is 0.474. The van der Waals surface area contributed by atoms with Gasteiger partial charge in [0.2, 0.25) is 0 Å². The lowest BCUT2D eigenvalue weighted by Crippen LogP contribution is -2.06. The van der Waals surface area contributed by atoms with Crippen LogP contribution in [0.3, 0.4) is 0 Å². The fourth-order valence-corrected chi connectivity index (χ4v) is 3.04. The molecule has 8 heteroatoms. The second-order valence-electron chi connectivity index (χ2n) is 4.70. The largest absolute Gasteiger partial charge is 0.417 e. The lowest BCUT2D eigenvalue weighted by atomic mass is 10.3. The van der Waals surface area contributed by atoms with Crippen molar-refractivity contribution in [3.8, 4) is 11.5 Å². The third-order valence-corrected chi connectivity index (χ3v) is 4.17. The van der Waals surface area contributed by atoms with Crippen molar-refractivity contribution >= 4 is 17.4 Å². The lowest BCUT2D eigenvalue weighted by Gasteiger charge is -2.08. The number of pyridine rings is 1. The number of nitrogens with zero attached hydrogens (tertiary/aromatic N) is 4. The molecule has 3 heterocycles. The zero-order chi connectivity index (χ0) is 15.9. The normalized spacial score (nSPS) is 12.2. The highest BCUT2D eigenvalue weighted by Gasteiger charge is 2.31. The van der Waals surface area contributed by atoms with Gasteiger partial charge in [0.25, 0.3) is 0 Å². The first-order chi connectivity index (χ1) is 10.4. The second-order valence-corrected chi connectivity index (χ2v) is 5.96. The van der Waals surface area contributed by atoms with Crippen LogP contribution in [0.25, 0.3) is 17.2 Å². The van der Waals surface area contributed by atoms with Crippen molar-refractivity contribution in [2.75, 3.05) is 5.75 Å². The zero-order valence-electron chi connectivity index (χ0n) is 11.9. The van der Waals surface area contributed by atoms with E-state index >= 15 is 0 Å². The molecular formula is C14H13F3N4S. The molecule has 3 aromatic rings. The molecule has 0 aromatic carbocycles. The highest BCUT2D eigenvalue weighted by molar-refractivity contribution is 7.99. The molecule has 0 unspecified atom stereocenters. The lowest BCUT2D eigenvalue weighted by molar-refractivity contribution is -0.137. The van der Waals surface area contributed by atoms with Gasteiger partial charge in [-0.2, -0.15) is 13.2 Å². The predicted molar refractivity (Wildman–Crippen MR) is 78.8 cm³/mol. The van der Waals surface area contributed by atoms with E-state index in [4.69, 9.17) is 0 Å². The molecule has 0 radical (unpaired) electrons. The molecule has 0 bridgehead atoms. The van der Waals surface area contributed by atoms with Gasteiger partial charge in [0.1, 0.15) is 16.4 Å². The first-order valence-corrected chi connectivity index (χ1v) is 7.60. The summed E-state index contributed by atoms with van der Waals surface area (Å²) in [5.41, 5.74) is 0.377. The third kappa shape index (κ3) is 2.47. The number of imidazole rings is 2. The molecule has 3 aromatic heterocycles. The molecule has 0 saturated heterocycles. The van der Waals surface area contributed by atoms with Crippen molar-refractivity contribution in [1.29, 1.82) is 0 Å². The summed E-state index contributed by atoms with van der Waals surface area (Å²) in [7, 11) is 1.83. The molecule has 0 atom stereocenters. The van der Waals surface area contributed by atoms with Crippen LogP contribution in [0.2, 0.25) is 0 Å². The van der Waals surface area contributed by atoms with Crippen LogP contribution < -0.4 is 0 Å². The Bertz CT molecular complexity index is 819. The average molecular weight is 326 g/mol. The molecule has 0 fully saturated rings. The van der Waals surface area contributed by atoms with E-state index in [0.29, 0.717) is 22.2 Å². The molecule has 0 spiro atoms. The number of fused-ring (bicyclic) bond motifs is 1. The van der Waals surface area contributed by atoms with E-state index in [0.717, 1.165) is 18.0 Å². The molecular weight excluding hydrogens is 313 g/mol. The Morgan fingerprint density at radius 2 is 2.05 bits per heavy atom. The number of rotatable bonds is 3. The van der Waals surface area contributed by atoms with Gasteiger partial charge in [-0.1, -0.05) is 6.92 Å². The maximum atomic E-state index is 12.9. The minimum atomic E-state index is -4.38. The Labute approximate surface area is 129 Å². The van der Waals surface area contributed by atoms with E-state index < -0.39 is 11.7 Å². The van der Waals surface area contributed by atoms with Crippen LogP contribution in [0.5, 0.6) is 0 Å². The number of thioether (sulfide) groups is 1. The Balaban J connectivity index is 2.26. The predicted octanol–water partition coefficient (Wildman–Crippen LogP) is 3.87. The van der Waals surface area contributed by atoms with Gasteiger partial charge in [-0.05, 0) is 17.9 Å². The maximum absolute atomic E-state index is 12.9. The molecule has 0 amide bonds. The molecule has 22 heavy (non-hydrogen) atoms. The summed E-state index contributed by atoms with van der Waals surface area (Å²) < 4.78 is 42.0. The van der Waals surface area contributed by atoms with Crippen LogP contribution in [0.15, 0.2) is 35.7 Å². The fraction of sp³-hybridized carbons (Fsp3) is 0.286. The number of alkyl halides is 3. The second kappa shape index (κ2) is 5.35. The molecule has 4 nitrogen and oxygen atoms in total. The van der Waals surface area contributed by atoms with Crippen molar-refractivity contribution in [2.45, 2.75) is 18.1 Å². The van der Waals surface area contributed by atoms with Crippen LogP contribution in [-0.4, -0.2) is 24.7 Å². The SMILES string of the molecule is CCSc1c(-c2nccn2C)nc2ccc(C(F)(F)F)cn12. The van der Waals surface area contributed by atoms with Crippen LogP contribution in [0.1, 0.15) is 12.5 Å². The van der Waals surface area contributed by atoms with Crippen molar-refractivity contribution in [2.24, 2.45) is 7.05 Å². The van der Waals surface area contributed by atoms with Gasteiger partial charge in [-0.3, -0.25) is 4.40 Å². The van der Waals surface area contributed by atoms with Crippen molar-refractivity contribution in [3.05, 3.63) is 36.3 Å². The number of aromatic nitrogens is 4. The molecule has 0 N–H and O–H groups in total. The fourth-order valence-electron chi connectivity index (χ4n) is 2.20. The molecule has 0 aliphatic carbocycles. The number of hydrogen-bond donors (Lipinski definition) is 0. The van der Waals surface area contributed by atoms with Gasteiger partial charge in [0, 0.05) is 25.6 Å². The van der Waals surface area contributed by atoms with E-state index in [1.807, 2.05) is 14.0 Å². The van der Waals surface area contributed by atoms with Gasteiger partial charge in [-0.25, -0.2) is 9.97 Å². The van der Waals surface area contributed by atoms with Crippen molar-refractivity contribution < 1.29 is 13.2 Å². The van der Waals surface area contributed by atoms with Gasteiger partial charge in [-0.15, -0.1) is 11.8 Å². The molecule has 0 aliphatic rings. The summed E-state index contributed by atoms with van der Waals surface area (Å²) in [5, 5.41) is 0.665. The van der Waals surface area contributed by atoms with E-state index in [9.17, 15) is 13.2 Å². The van der Waals surface area contributed by atoms with Crippen molar-refractivity contribution in [1.82, 2.24) is 18.9 Å². The summed E-state index contributed by atoms with van der Waals surface area (Å²) in [6.45, 7) is 1.94. The van der Waals surface area contributed by atoms with E-state index in [-0.39, 0.29) is 0 Å². The van der Waals surface area contributed by atoms with Gasteiger partial charge in [0.15, 0.2) is 5.82 Å². The number of halogens is 3. The minimum Gasteiger partial charge on any atom is -0.333 e. The summed E-state index contributed by atoms with van der Waals surface area (Å²) in [6.07, 6.45) is 0.129. The molecule has 3 rings (SSSR count).